The van der Waals surface area contributed by atoms with Gasteiger partial charge in [-0.05, 0) is 45.9 Å². The SMILES string of the molecule is CCSSc1nnc(-c2cc(C(C)(C)C)c(O)c(C(C)(C)C)c2)n1-c1ccccn1. The lowest BCUT2D eigenvalue weighted by Gasteiger charge is -2.28. The molecule has 0 aliphatic rings. The highest BCUT2D eigenvalue weighted by molar-refractivity contribution is 8.76. The lowest BCUT2D eigenvalue weighted by Crippen LogP contribution is -2.17. The predicted octanol–water partition coefficient (Wildman–Crippen LogP) is 6.39. The van der Waals surface area contributed by atoms with Crippen LogP contribution in [0.4, 0.5) is 0 Å². The molecule has 1 aromatic carbocycles. The molecule has 0 fully saturated rings. The first-order valence-electron chi connectivity index (χ1n) is 10.1. The molecule has 0 bridgehead atoms. The van der Waals surface area contributed by atoms with Crippen molar-refractivity contribution < 1.29 is 5.11 Å². The number of nitrogens with zero attached hydrogens (tertiary/aromatic N) is 4. The number of pyridine rings is 1. The molecule has 1 N–H and O–H groups in total. The van der Waals surface area contributed by atoms with Crippen LogP contribution in [0, 0.1) is 0 Å². The van der Waals surface area contributed by atoms with Gasteiger partial charge in [0.1, 0.15) is 11.6 Å². The van der Waals surface area contributed by atoms with Gasteiger partial charge in [-0.2, -0.15) is 0 Å². The number of hydrogen-bond acceptors (Lipinski definition) is 6. The second-order valence-corrected chi connectivity index (χ2v) is 11.8. The minimum atomic E-state index is -0.217. The number of phenols is 1. The Balaban J connectivity index is 2.29. The minimum absolute atomic E-state index is 0.217. The van der Waals surface area contributed by atoms with Crippen LogP contribution >= 0.6 is 21.6 Å². The number of benzene rings is 1. The minimum Gasteiger partial charge on any atom is -0.507 e. The first kappa shape index (κ1) is 22.7. The molecular formula is C23H30N4OS2. The van der Waals surface area contributed by atoms with Gasteiger partial charge in [-0.15, -0.1) is 10.2 Å². The summed E-state index contributed by atoms with van der Waals surface area (Å²) in [6, 6.07) is 9.90. The standard InChI is InChI=1S/C23H30N4OS2/c1-8-29-30-21-26-25-20(27(21)18-11-9-10-12-24-18)15-13-16(22(2,3)4)19(28)17(14-15)23(5,6)7/h9-14,28H,8H2,1-7H3. The second-order valence-electron chi connectivity index (χ2n) is 9.24. The van der Waals surface area contributed by atoms with Crippen LogP contribution in [0.1, 0.15) is 59.6 Å². The number of phenolic OH excluding ortho intramolecular Hbond substituents is 1. The van der Waals surface area contributed by atoms with Crippen LogP contribution in [0.25, 0.3) is 17.2 Å². The summed E-state index contributed by atoms with van der Waals surface area (Å²) in [5.74, 6) is 2.83. The van der Waals surface area contributed by atoms with Crippen LogP contribution in [-0.2, 0) is 10.8 Å². The first-order valence-corrected chi connectivity index (χ1v) is 12.4. The van der Waals surface area contributed by atoms with E-state index in [1.807, 2.05) is 34.9 Å². The van der Waals surface area contributed by atoms with Gasteiger partial charge < -0.3 is 5.11 Å². The summed E-state index contributed by atoms with van der Waals surface area (Å²) in [5, 5.41) is 20.9. The summed E-state index contributed by atoms with van der Waals surface area (Å²) in [6.07, 6.45) is 1.78. The van der Waals surface area contributed by atoms with Gasteiger partial charge >= 0.3 is 0 Å². The Morgan fingerprint density at radius 3 is 2.10 bits per heavy atom. The molecule has 160 valence electrons. The molecule has 0 unspecified atom stereocenters. The van der Waals surface area contributed by atoms with Gasteiger partial charge in [0.2, 0.25) is 5.16 Å². The highest BCUT2D eigenvalue weighted by Crippen LogP contribution is 2.42. The van der Waals surface area contributed by atoms with Gasteiger partial charge in [-0.3, -0.25) is 4.57 Å². The Hall–Kier alpha value is -1.99. The van der Waals surface area contributed by atoms with Crippen molar-refractivity contribution in [1.82, 2.24) is 19.7 Å². The zero-order chi connectivity index (χ0) is 22.1. The fourth-order valence-corrected chi connectivity index (χ4v) is 4.77. The summed E-state index contributed by atoms with van der Waals surface area (Å²) in [4.78, 5) is 4.55. The highest BCUT2D eigenvalue weighted by Gasteiger charge is 2.28. The van der Waals surface area contributed by atoms with Crippen LogP contribution < -0.4 is 0 Å². The summed E-state index contributed by atoms with van der Waals surface area (Å²) < 4.78 is 2.00. The molecular weight excluding hydrogens is 412 g/mol. The van der Waals surface area contributed by atoms with Gasteiger partial charge in [-0.1, -0.05) is 65.3 Å². The number of aromatic hydroxyl groups is 1. The Kier molecular flexibility index (Phi) is 6.53. The highest BCUT2D eigenvalue weighted by atomic mass is 33.1. The summed E-state index contributed by atoms with van der Waals surface area (Å²) in [6.45, 7) is 14.8. The van der Waals surface area contributed by atoms with E-state index in [4.69, 9.17) is 0 Å². The molecule has 0 spiro atoms. The molecule has 0 aliphatic heterocycles. The predicted molar refractivity (Wildman–Crippen MR) is 128 cm³/mol. The fraction of sp³-hybridized carbons (Fsp3) is 0.435. The third-order valence-corrected chi connectivity index (χ3v) is 7.02. The molecule has 0 atom stereocenters. The van der Waals surface area contributed by atoms with Crippen molar-refractivity contribution in [3.63, 3.8) is 0 Å². The van der Waals surface area contributed by atoms with E-state index in [1.165, 1.54) is 0 Å². The van der Waals surface area contributed by atoms with E-state index in [2.05, 4.69) is 63.6 Å². The lowest BCUT2D eigenvalue weighted by atomic mass is 9.78. The number of hydrogen-bond donors (Lipinski definition) is 1. The van der Waals surface area contributed by atoms with Crippen LogP contribution in [0.15, 0.2) is 41.7 Å². The van der Waals surface area contributed by atoms with Crippen molar-refractivity contribution >= 4 is 21.6 Å². The van der Waals surface area contributed by atoms with E-state index < -0.39 is 0 Å². The molecule has 0 amide bonds. The van der Waals surface area contributed by atoms with E-state index >= 15 is 0 Å². The summed E-state index contributed by atoms with van der Waals surface area (Å²) in [7, 11) is 3.32. The van der Waals surface area contributed by atoms with Crippen molar-refractivity contribution in [2.75, 3.05) is 5.75 Å². The van der Waals surface area contributed by atoms with Crippen LogP contribution in [0.2, 0.25) is 0 Å². The molecule has 0 aliphatic carbocycles. The van der Waals surface area contributed by atoms with E-state index in [9.17, 15) is 5.11 Å². The Morgan fingerprint density at radius 2 is 1.60 bits per heavy atom. The molecule has 30 heavy (non-hydrogen) atoms. The van der Waals surface area contributed by atoms with Gasteiger partial charge in [0.05, 0.1) is 0 Å². The second kappa shape index (κ2) is 8.63. The third-order valence-electron chi connectivity index (χ3n) is 4.75. The van der Waals surface area contributed by atoms with Gasteiger partial charge in [-0.25, -0.2) is 4.98 Å². The fourth-order valence-electron chi connectivity index (χ4n) is 3.22. The van der Waals surface area contributed by atoms with Crippen molar-refractivity contribution in [1.29, 1.82) is 0 Å². The van der Waals surface area contributed by atoms with E-state index in [1.54, 1.807) is 27.8 Å². The average Bonchev–Trinajstić information content (AvgIpc) is 3.09. The normalized spacial score (nSPS) is 12.4. The topological polar surface area (TPSA) is 63.8 Å². The van der Waals surface area contributed by atoms with E-state index in [0.717, 1.165) is 39.2 Å². The van der Waals surface area contributed by atoms with E-state index in [0.29, 0.717) is 5.75 Å². The molecule has 2 aromatic heterocycles. The Morgan fingerprint density at radius 1 is 0.967 bits per heavy atom. The molecule has 2 heterocycles. The third kappa shape index (κ3) is 4.67. The molecule has 3 aromatic rings. The van der Waals surface area contributed by atoms with Crippen molar-refractivity contribution in [3.8, 4) is 23.0 Å². The van der Waals surface area contributed by atoms with E-state index in [-0.39, 0.29) is 10.8 Å². The van der Waals surface area contributed by atoms with Gasteiger partial charge in [0, 0.05) is 28.6 Å². The lowest BCUT2D eigenvalue weighted by molar-refractivity contribution is 0.423. The maximum absolute atomic E-state index is 11.1. The van der Waals surface area contributed by atoms with Crippen LogP contribution in [0.5, 0.6) is 5.75 Å². The zero-order valence-corrected chi connectivity index (χ0v) is 20.4. The summed E-state index contributed by atoms with van der Waals surface area (Å²) in [5.41, 5.74) is 2.29. The maximum Gasteiger partial charge on any atom is 0.208 e. The molecule has 7 heteroatoms. The van der Waals surface area contributed by atoms with Gasteiger partial charge in [0.25, 0.3) is 0 Å². The largest absolute Gasteiger partial charge is 0.507 e. The molecule has 5 nitrogen and oxygen atoms in total. The number of rotatable bonds is 5. The summed E-state index contributed by atoms with van der Waals surface area (Å²) >= 11 is 0. The Bertz CT molecular complexity index is 983. The smallest absolute Gasteiger partial charge is 0.208 e. The van der Waals surface area contributed by atoms with Crippen molar-refractivity contribution in [2.45, 2.75) is 64.5 Å². The first-order chi connectivity index (χ1) is 14.0. The van der Waals surface area contributed by atoms with Crippen molar-refractivity contribution in [3.05, 3.63) is 47.7 Å². The van der Waals surface area contributed by atoms with Crippen LogP contribution in [-0.4, -0.2) is 30.6 Å². The van der Waals surface area contributed by atoms with Crippen molar-refractivity contribution in [2.24, 2.45) is 0 Å². The van der Waals surface area contributed by atoms with Crippen LogP contribution in [0.3, 0.4) is 0 Å². The average molecular weight is 443 g/mol. The number of aromatic nitrogens is 4. The molecule has 3 rings (SSSR count). The molecule has 0 saturated heterocycles. The molecule has 0 saturated carbocycles. The monoisotopic (exact) mass is 442 g/mol. The van der Waals surface area contributed by atoms with Gasteiger partial charge in [0.15, 0.2) is 5.82 Å². The quantitative estimate of drug-likeness (QED) is 0.462. The Labute approximate surface area is 187 Å². The maximum atomic E-state index is 11.1. The molecule has 0 radical (unpaired) electrons. The zero-order valence-electron chi connectivity index (χ0n) is 18.7.